The van der Waals surface area contributed by atoms with E-state index in [-0.39, 0.29) is 5.91 Å². The average molecular weight is 400 g/mol. The second-order valence-electron chi connectivity index (χ2n) is 7.01. The lowest BCUT2D eigenvalue weighted by molar-refractivity contribution is 0.0975. The predicted octanol–water partition coefficient (Wildman–Crippen LogP) is 3.98. The van der Waals surface area contributed by atoms with Crippen LogP contribution in [0.15, 0.2) is 67.0 Å². The van der Waals surface area contributed by atoms with Crippen LogP contribution in [0.3, 0.4) is 0 Å². The Morgan fingerprint density at radius 3 is 2.27 bits per heavy atom. The smallest absolute Gasteiger partial charge is 0.259 e. The highest BCUT2D eigenvalue weighted by Gasteiger charge is 2.19. The molecule has 0 N–H and O–H groups in total. The molecule has 3 aromatic rings. The summed E-state index contributed by atoms with van der Waals surface area (Å²) in [5, 5.41) is 9.02. The molecule has 30 heavy (non-hydrogen) atoms. The first-order valence-corrected chi connectivity index (χ1v) is 9.57. The van der Waals surface area contributed by atoms with Gasteiger partial charge < -0.3 is 14.5 Å². The maximum absolute atomic E-state index is 13.3. The van der Waals surface area contributed by atoms with E-state index in [9.17, 15) is 4.79 Å². The van der Waals surface area contributed by atoms with Crippen molar-refractivity contribution in [2.75, 3.05) is 44.2 Å². The van der Waals surface area contributed by atoms with Crippen LogP contribution < -0.4 is 9.80 Å². The average Bonchev–Trinajstić information content (AvgIpc) is 2.79. The summed E-state index contributed by atoms with van der Waals surface area (Å²) in [6.07, 6.45) is 3.33. The molecule has 6 nitrogen and oxygen atoms in total. The number of hydrogen-bond donors (Lipinski definition) is 0. The molecule has 0 saturated heterocycles. The summed E-state index contributed by atoms with van der Waals surface area (Å²) in [5.74, 6) is -0.170. The van der Waals surface area contributed by atoms with Crippen LogP contribution in [0.4, 0.5) is 11.4 Å². The van der Waals surface area contributed by atoms with Crippen molar-refractivity contribution in [3.8, 4) is 17.2 Å². The Morgan fingerprint density at radius 2 is 1.67 bits per heavy atom. The molecule has 1 heterocycles. The normalized spacial score (nSPS) is 10.3. The van der Waals surface area contributed by atoms with Gasteiger partial charge in [-0.2, -0.15) is 5.26 Å². The van der Waals surface area contributed by atoms with Crippen LogP contribution in [0.1, 0.15) is 15.9 Å². The van der Waals surface area contributed by atoms with E-state index < -0.39 is 0 Å². The molecule has 3 rings (SSSR count). The first-order valence-electron chi connectivity index (χ1n) is 9.57. The molecule has 0 fully saturated rings. The molecular weight excluding hydrogens is 376 g/mol. The number of anilines is 2. The Balaban J connectivity index is 1.90. The standard InChI is InChI=1S/C24H24N4O2/c1-27(2)22-10-6-19(7-11-22)20-14-21(17-26-16-20)24(29)28(12-13-30-3)23-8-4-18(15-25)5-9-23/h4-11,14,16-17H,12-13H2,1-3H3. The minimum Gasteiger partial charge on any atom is -0.383 e. The lowest BCUT2D eigenvalue weighted by atomic mass is 10.0. The number of amides is 1. The molecule has 0 aliphatic heterocycles. The van der Waals surface area contributed by atoms with Gasteiger partial charge in [-0.3, -0.25) is 9.78 Å². The second-order valence-corrected chi connectivity index (χ2v) is 7.01. The number of carbonyl (C=O) groups excluding carboxylic acids is 1. The molecule has 0 saturated carbocycles. The number of carbonyl (C=O) groups is 1. The first-order chi connectivity index (χ1) is 14.5. The van der Waals surface area contributed by atoms with Gasteiger partial charge in [-0.05, 0) is 48.0 Å². The Bertz CT molecular complexity index is 1040. The Hall–Kier alpha value is -3.69. The van der Waals surface area contributed by atoms with Gasteiger partial charge in [0.05, 0.1) is 23.8 Å². The zero-order valence-electron chi connectivity index (χ0n) is 17.4. The summed E-state index contributed by atoms with van der Waals surface area (Å²) in [6.45, 7) is 0.786. The van der Waals surface area contributed by atoms with Crippen molar-refractivity contribution in [2.45, 2.75) is 0 Å². The predicted molar refractivity (Wildman–Crippen MR) is 119 cm³/mol. The molecule has 0 spiro atoms. The van der Waals surface area contributed by atoms with Gasteiger partial charge in [0, 0.05) is 57.1 Å². The van der Waals surface area contributed by atoms with E-state index in [4.69, 9.17) is 10.00 Å². The van der Waals surface area contributed by atoms with Crippen LogP contribution in [0, 0.1) is 11.3 Å². The minimum atomic E-state index is -0.170. The third-order valence-corrected chi connectivity index (χ3v) is 4.77. The molecule has 1 amide bonds. The van der Waals surface area contributed by atoms with Crippen molar-refractivity contribution in [1.29, 1.82) is 5.26 Å². The van der Waals surface area contributed by atoms with Gasteiger partial charge in [0.15, 0.2) is 0 Å². The Morgan fingerprint density at radius 1 is 1.00 bits per heavy atom. The van der Waals surface area contributed by atoms with E-state index >= 15 is 0 Å². The molecule has 0 radical (unpaired) electrons. The van der Waals surface area contributed by atoms with Crippen LogP contribution >= 0.6 is 0 Å². The Kier molecular flexibility index (Phi) is 6.79. The zero-order chi connectivity index (χ0) is 21.5. The molecule has 2 aromatic carbocycles. The van der Waals surface area contributed by atoms with Gasteiger partial charge in [-0.1, -0.05) is 12.1 Å². The Labute approximate surface area is 177 Å². The summed E-state index contributed by atoms with van der Waals surface area (Å²) in [5.41, 5.74) is 4.71. The maximum atomic E-state index is 13.3. The number of benzene rings is 2. The van der Waals surface area contributed by atoms with E-state index in [2.05, 4.69) is 11.1 Å². The summed E-state index contributed by atoms with van der Waals surface area (Å²) < 4.78 is 5.18. The molecule has 0 unspecified atom stereocenters. The van der Waals surface area contributed by atoms with Crippen molar-refractivity contribution in [2.24, 2.45) is 0 Å². The van der Waals surface area contributed by atoms with Gasteiger partial charge in [0.25, 0.3) is 5.91 Å². The number of hydrogen-bond acceptors (Lipinski definition) is 5. The number of nitriles is 1. The van der Waals surface area contributed by atoms with Gasteiger partial charge >= 0.3 is 0 Å². The van der Waals surface area contributed by atoms with Crippen LogP contribution in [0.5, 0.6) is 0 Å². The molecule has 0 bridgehead atoms. The zero-order valence-corrected chi connectivity index (χ0v) is 17.4. The quantitative estimate of drug-likeness (QED) is 0.600. The highest BCUT2D eigenvalue weighted by atomic mass is 16.5. The third-order valence-electron chi connectivity index (χ3n) is 4.77. The van der Waals surface area contributed by atoms with E-state index in [0.717, 1.165) is 16.8 Å². The van der Waals surface area contributed by atoms with Crippen molar-refractivity contribution < 1.29 is 9.53 Å². The van der Waals surface area contributed by atoms with Crippen molar-refractivity contribution in [3.05, 3.63) is 78.1 Å². The number of ether oxygens (including phenoxy) is 1. The second kappa shape index (κ2) is 9.68. The minimum absolute atomic E-state index is 0.170. The fraction of sp³-hybridized carbons (Fsp3) is 0.208. The number of methoxy groups -OCH3 is 1. The molecule has 0 aliphatic carbocycles. The molecular formula is C24H24N4O2. The lowest BCUT2D eigenvalue weighted by Crippen LogP contribution is -2.34. The van der Waals surface area contributed by atoms with Crippen LogP contribution in [-0.4, -0.2) is 45.2 Å². The molecule has 6 heteroatoms. The van der Waals surface area contributed by atoms with E-state index in [1.54, 1.807) is 48.7 Å². The molecule has 0 atom stereocenters. The first kappa shape index (κ1) is 21.0. The molecule has 0 aliphatic rings. The fourth-order valence-corrected chi connectivity index (χ4v) is 3.07. The van der Waals surface area contributed by atoms with E-state index in [1.165, 1.54) is 0 Å². The number of rotatable bonds is 7. The van der Waals surface area contributed by atoms with Crippen molar-refractivity contribution in [1.82, 2.24) is 4.98 Å². The number of nitrogens with zero attached hydrogens (tertiary/aromatic N) is 4. The van der Waals surface area contributed by atoms with E-state index in [1.807, 2.05) is 49.3 Å². The summed E-state index contributed by atoms with van der Waals surface area (Å²) >= 11 is 0. The topological polar surface area (TPSA) is 69.5 Å². The van der Waals surface area contributed by atoms with Crippen molar-refractivity contribution in [3.63, 3.8) is 0 Å². The largest absolute Gasteiger partial charge is 0.383 e. The highest BCUT2D eigenvalue weighted by molar-refractivity contribution is 6.06. The van der Waals surface area contributed by atoms with Crippen LogP contribution in [0.25, 0.3) is 11.1 Å². The third kappa shape index (κ3) is 4.83. The van der Waals surface area contributed by atoms with Gasteiger partial charge in [-0.25, -0.2) is 0 Å². The summed E-state index contributed by atoms with van der Waals surface area (Å²) in [4.78, 5) is 21.3. The highest BCUT2D eigenvalue weighted by Crippen LogP contribution is 2.24. The van der Waals surface area contributed by atoms with Gasteiger partial charge in [0.2, 0.25) is 0 Å². The lowest BCUT2D eigenvalue weighted by Gasteiger charge is -2.23. The summed E-state index contributed by atoms with van der Waals surface area (Å²) in [6, 6.07) is 19.0. The fourth-order valence-electron chi connectivity index (χ4n) is 3.07. The summed E-state index contributed by atoms with van der Waals surface area (Å²) in [7, 11) is 5.59. The number of pyridine rings is 1. The van der Waals surface area contributed by atoms with Crippen molar-refractivity contribution >= 4 is 17.3 Å². The van der Waals surface area contributed by atoms with Crippen LogP contribution in [0.2, 0.25) is 0 Å². The molecule has 152 valence electrons. The van der Waals surface area contributed by atoms with Crippen LogP contribution in [-0.2, 0) is 4.74 Å². The van der Waals surface area contributed by atoms with Gasteiger partial charge in [-0.15, -0.1) is 0 Å². The van der Waals surface area contributed by atoms with E-state index in [0.29, 0.717) is 30.0 Å². The molecule has 1 aromatic heterocycles. The number of aromatic nitrogens is 1. The maximum Gasteiger partial charge on any atom is 0.259 e. The SMILES string of the molecule is COCCN(C(=O)c1cncc(-c2ccc(N(C)C)cc2)c1)c1ccc(C#N)cc1. The monoisotopic (exact) mass is 400 g/mol. The van der Waals surface area contributed by atoms with Gasteiger partial charge in [0.1, 0.15) is 0 Å².